The average molecular weight is 502 g/mol. The smallest absolute Gasteiger partial charge is 0.262 e. The van der Waals surface area contributed by atoms with E-state index >= 15 is 0 Å². The Hall–Kier alpha value is -2.62. The number of nitrogens with one attached hydrogen (secondary N) is 1. The second-order valence-corrected chi connectivity index (χ2v) is 10.8. The van der Waals surface area contributed by atoms with Gasteiger partial charge in [0.05, 0.1) is 29.5 Å². The number of aryl methyl sites for hydroxylation is 1. The molecular weight excluding hydrogens is 466 g/mol. The molecule has 0 spiro atoms. The lowest BCUT2D eigenvalue weighted by Gasteiger charge is -2.28. The molecule has 2 saturated heterocycles. The Balaban J connectivity index is 1.57. The lowest BCUT2D eigenvalue weighted by Crippen LogP contribution is -2.40. The molecule has 0 atom stereocenters. The fourth-order valence-corrected chi connectivity index (χ4v) is 6.00. The summed E-state index contributed by atoms with van der Waals surface area (Å²) in [6, 6.07) is 12.7. The third kappa shape index (κ3) is 6.34. The summed E-state index contributed by atoms with van der Waals surface area (Å²) in [6.45, 7) is 5.03. The summed E-state index contributed by atoms with van der Waals surface area (Å²) in [6.07, 6.45) is 5.29. The van der Waals surface area contributed by atoms with E-state index in [-0.39, 0.29) is 17.4 Å². The summed E-state index contributed by atoms with van der Waals surface area (Å²) in [5.74, 6) is 0.356. The summed E-state index contributed by atoms with van der Waals surface area (Å²) in [5.41, 5.74) is 2.37. The highest BCUT2D eigenvalue weighted by Gasteiger charge is 2.28. The van der Waals surface area contributed by atoms with Gasteiger partial charge in [0.2, 0.25) is 10.0 Å². The van der Waals surface area contributed by atoms with Crippen LogP contribution in [0.25, 0.3) is 0 Å². The first-order valence-corrected chi connectivity index (χ1v) is 13.9. The molecule has 8 nitrogen and oxygen atoms in total. The minimum Gasteiger partial charge on any atom is -0.483 e. The van der Waals surface area contributed by atoms with Crippen molar-refractivity contribution in [1.82, 2.24) is 4.31 Å². The Kier molecular flexibility index (Phi) is 8.64. The highest BCUT2D eigenvalue weighted by Crippen LogP contribution is 2.32. The van der Waals surface area contributed by atoms with Crippen molar-refractivity contribution in [1.29, 1.82) is 0 Å². The minimum atomic E-state index is -3.69. The van der Waals surface area contributed by atoms with Gasteiger partial charge in [-0.3, -0.25) is 4.79 Å². The van der Waals surface area contributed by atoms with Gasteiger partial charge in [0.1, 0.15) is 5.75 Å². The number of morpholine rings is 1. The number of anilines is 2. The van der Waals surface area contributed by atoms with Gasteiger partial charge >= 0.3 is 0 Å². The molecule has 2 aromatic carbocycles. The maximum absolute atomic E-state index is 13.3. The van der Waals surface area contributed by atoms with Gasteiger partial charge in [0, 0.05) is 26.2 Å². The standard InChI is InChI=1S/C26H35N3O5S/c1-2-21-9-5-6-10-25(21)34-20-26(30)27-23-19-22(35(31,32)29-15-17-33-18-16-29)11-12-24(23)28-13-7-3-4-8-14-28/h5-6,9-12,19H,2-4,7-8,13-18,20H2,1H3,(H,27,30). The zero-order chi connectivity index (χ0) is 24.7. The van der Waals surface area contributed by atoms with E-state index in [1.165, 1.54) is 17.1 Å². The van der Waals surface area contributed by atoms with Crippen LogP contribution in [0.4, 0.5) is 11.4 Å². The van der Waals surface area contributed by atoms with Gasteiger partial charge in [0.25, 0.3) is 5.91 Å². The fraction of sp³-hybridized carbons (Fsp3) is 0.500. The number of nitrogens with zero attached hydrogens (tertiary/aromatic N) is 2. The monoisotopic (exact) mass is 501 g/mol. The predicted molar refractivity (Wildman–Crippen MR) is 137 cm³/mol. The Morgan fingerprint density at radius 3 is 2.43 bits per heavy atom. The number of amides is 1. The number of carbonyl (C=O) groups excluding carboxylic acids is 1. The Labute approximate surface area is 208 Å². The third-order valence-corrected chi connectivity index (χ3v) is 8.40. The van der Waals surface area contributed by atoms with Crippen molar-refractivity contribution >= 4 is 27.3 Å². The maximum Gasteiger partial charge on any atom is 0.262 e. The van der Waals surface area contributed by atoms with Crippen molar-refractivity contribution in [2.45, 2.75) is 43.9 Å². The Bertz CT molecular complexity index is 1110. The summed E-state index contributed by atoms with van der Waals surface area (Å²) in [4.78, 5) is 15.3. The van der Waals surface area contributed by atoms with Crippen LogP contribution in [0, 0.1) is 0 Å². The third-order valence-electron chi connectivity index (χ3n) is 6.51. The first-order chi connectivity index (χ1) is 17.0. The molecule has 2 aliphatic rings. The highest BCUT2D eigenvalue weighted by atomic mass is 32.2. The summed E-state index contributed by atoms with van der Waals surface area (Å²) in [7, 11) is -3.69. The summed E-state index contributed by atoms with van der Waals surface area (Å²) in [5, 5.41) is 2.94. The van der Waals surface area contributed by atoms with Crippen LogP contribution >= 0.6 is 0 Å². The van der Waals surface area contributed by atoms with Gasteiger partial charge in [-0.15, -0.1) is 0 Å². The molecule has 9 heteroatoms. The van der Waals surface area contributed by atoms with Crippen LogP contribution in [-0.2, 0) is 26.0 Å². The number of para-hydroxylation sites is 1. The number of rotatable bonds is 8. The zero-order valence-corrected chi connectivity index (χ0v) is 21.2. The summed E-state index contributed by atoms with van der Waals surface area (Å²) < 4.78 is 39.1. The Morgan fingerprint density at radius 1 is 1.00 bits per heavy atom. The lowest BCUT2D eigenvalue weighted by atomic mass is 10.1. The SMILES string of the molecule is CCc1ccccc1OCC(=O)Nc1cc(S(=O)(=O)N2CCOCC2)ccc1N1CCCCCC1. The van der Waals surface area contributed by atoms with Crippen LogP contribution in [0.1, 0.15) is 38.2 Å². The average Bonchev–Trinajstić information content (AvgIpc) is 3.17. The van der Waals surface area contributed by atoms with Crippen LogP contribution in [0.3, 0.4) is 0 Å². The van der Waals surface area contributed by atoms with Gasteiger partial charge in [0.15, 0.2) is 6.61 Å². The molecule has 2 aromatic rings. The van der Waals surface area contributed by atoms with Gasteiger partial charge in [-0.05, 0) is 49.1 Å². The van der Waals surface area contributed by atoms with E-state index in [0.717, 1.165) is 43.6 Å². The number of hydrogen-bond donors (Lipinski definition) is 1. The van der Waals surface area contributed by atoms with Crippen LogP contribution in [0.15, 0.2) is 47.4 Å². The number of sulfonamides is 1. The number of benzene rings is 2. The maximum atomic E-state index is 13.3. The van der Waals surface area contributed by atoms with Gasteiger partial charge in [-0.2, -0.15) is 4.31 Å². The van der Waals surface area contributed by atoms with E-state index in [1.54, 1.807) is 12.1 Å². The second-order valence-electron chi connectivity index (χ2n) is 8.89. The van der Waals surface area contributed by atoms with Crippen molar-refractivity contribution in [3.63, 3.8) is 0 Å². The molecule has 35 heavy (non-hydrogen) atoms. The van der Waals surface area contributed by atoms with Gasteiger partial charge in [-0.25, -0.2) is 8.42 Å². The largest absolute Gasteiger partial charge is 0.483 e. The van der Waals surface area contributed by atoms with Gasteiger partial charge in [-0.1, -0.05) is 38.0 Å². The molecule has 1 amide bonds. The first-order valence-electron chi connectivity index (χ1n) is 12.5. The second kappa shape index (κ2) is 11.9. The van der Waals surface area contributed by atoms with Crippen LogP contribution in [0.5, 0.6) is 5.75 Å². The van der Waals surface area contributed by atoms with Gasteiger partial charge < -0.3 is 19.7 Å². The molecular formula is C26H35N3O5S. The van der Waals surface area contributed by atoms with Crippen LogP contribution in [0.2, 0.25) is 0 Å². The number of ether oxygens (including phenoxy) is 2. The molecule has 190 valence electrons. The van der Waals surface area contributed by atoms with Crippen molar-refractivity contribution in [3.05, 3.63) is 48.0 Å². The number of hydrogen-bond acceptors (Lipinski definition) is 6. The van der Waals surface area contributed by atoms with Crippen LogP contribution in [-0.4, -0.2) is 64.6 Å². The quantitative estimate of drug-likeness (QED) is 0.594. The van der Waals surface area contributed by atoms with E-state index in [4.69, 9.17) is 9.47 Å². The molecule has 0 saturated carbocycles. The molecule has 4 rings (SSSR count). The van der Waals surface area contributed by atoms with Crippen molar-refractivity contribution < 1.29 is 22.7 Å². The Morgan fingerprint density at radius 2 is 1.71 bits per heavy atom. The minimum absolute atomic E-state index is 0.156. The van der Waals surface area contributed by atoms with Crippen molar-refractivity contribution in [2.24, 2.45) is 0 Å². The first kappa shape index (κ1) is 25.5. The molecule has 0 unspecified atom stereocenters. The summed E-state index contributed by atoms with van der Waals surface area (Å²) >= 11 is 0. The van der Waals surface area contributed by atoms with Crippen molar-refractivity contribution in [2.75, 3.05) is 56.2 Å². The predicted octanol–water partition coefficient (Wildman–Crippen LogP) is 3.67. The molecule has 2 heterocycles. The van der Waals surface area contributed by atoms with E-state index in [2.05, 4.69) is 10.2 Å². The molecule has 0 bridgehead atoms. The molecule has 2 fully saturated rings. The molecule has 0 radical (unpaired) electrons. The highest BCUT2D eigenvalue weighted by molar-refractivity contribution is 7.89. The fourth-order valence-electron chi connectivity index (χ4n) is 4.57. The lowest BCUT2D eigenvalue weighted by molar-refractivity contribution is -0.118. The van der Waals surface area contributed by atoms with E-state index < -0.39 is 10.0 Å². The van der Waals surface area contributed by atoms with E-state index in [9.17, 15) is 13.2 Å². The van der Waals surface area contributed by atoms with Crippen molar-refractivity contribution in [3.8, 4) is 5.75 Å². The molecule has 1 N–H and O–H groups in total. The zero-order valence-electron chi connectivity index (χ0n) is 20.4. The molecule has 0 aromatic heterocycles. The van der Waals surface area contributed by atoms with E-state index in [0.29, 0.717) is 37.7 Å². The van der Waals surface area contributed by atoms with Crippen LogP contribution < -0.4 is 15.0 Å². The molecule has 2 aliphatic heterocycles. The molecule has 0 aliphatic carbocycles. The number of carbonyl (C=O) groups is 1. The van der Waals surface area contributed by atoms with E-state index in [1.807, 2.05) is 37.3 Å². The normalized spacial score (nSPS) is 17.6. The topological polar surface area (TPSA) is 88.2 Å².